The molecule has 3 aliphatic heterocycles. The number of amides is 3. The van der Waals surface area contributed by atoms with Gasteiger partial charge in [-0.05, 0) is 55.5 Å². The van der Waals surface area contributed by atoms with Gasteiger partial charge in [-0.1, -0.05) is 36.4 Å². The van der Waals surface area contributed by atoms with E-state index in [4.69, 9.17) is 4.99 Å². The van der Waals surface area contributed by atoms with Crippen LogP contribution in [-0.2, 0) is 11.2 Å². The van der Waals surface area contributed by atoms with Crippen LogP contribution in [0.15, 0.2) is 53.5 Å². The quantitative estimate of drug-likeness (QED) is 0.730. The number of carbonyl (C=O) groups excluding carboxylic acids is 2. The molecule has 0 N–H and O–H groups in total. The van der Waals surface area contributed by atoms with E-state index in [0.29, 0.717) is 6.54 Å². The average Bonchev–Trinajstić information content (AvgIpc) is 3.34. The summed E-state index contributed by atoms with van der Waals surface area (Å²) in [5.74, 6) is 0.663. The Labute approximate surface area is 188 Å². The number of benzene rings is 2. The molecule has 3 aliphatic rings. The van der Waals surface area contributed by atoms with E-state index >= 15 is 0 Å². The molecular formula is C25H29N5O2. The zero-order chi connectivity index (χ0) is 22.4. The third kappa shape index (κ3) is 3.42. The summed E-state index contributed by atoms with van der Waals surface area (Å²) in [6.45, 7) is 6.10. The lowest BCUT2D eigenvalue weighted by Gasteiger charge is -2.40. The minimum absolute atomic E-state index is 0.132. The topological polar surface area (TPSA) is 59.5 Å². The van der Waals surface area contributed by atoms with Crippen molar-refractivity contribution in [2.45, 2.75) is 38.9 Å². The Morgan fingerprint density at radius 3 is 2.44 bits per heavy atom. The van der Waals surface area contributed by atoms with Crippen LogP contribution in [0.4, 0.5) is 10.5 Å². The van der Waals surface area contributed by atoms with E-state index in [0.717, 1.165) is 37.6 Å². The van der Waals surface area contributed by atoms with Crippen LogP contribution in [0, 0.1) is 13.8 Å². The van der Waals surface area contributed by atoms with Crippen LogP contribution >= 0.6 is 0 Å². The second kappa shape index (κ2) is 7.97. The van der Waals surface area contributed by atoms with Crippen LogP contribution in [0.1, 0.15) is 23.1 Å². The largest absolute Gasteiger partial charge is 0.328 e. The van der Waals surface area contributed by atoms with Crippen LogP contribution in [0.25, 0.3) is 0 Å². The van der Waals surface area contributed by atoms with Crippen molar-refractivity contribution in [1.82, 2.24) is 14.7 Å². The molecule has 2 aromatic rings. The molecule has 0 spiro atoms. The molecule has 0 aromatic heterocycles. The number of guanidine groups is 1. The van der Waals surface area contributed by atoms with Crippen molar-refractivity contribution in [3.8, 4) is 0 Å². The molecule has 2 fully saturated rings. The molecule has 5 rings (SSSR count). The molecule has 3 amide bonds. The van der Waals surface area contributed by atoms with Crippen LogP contribution in [-0.4, -0.2) is 71.5 Å². The first-order valence-electron chi connectivity index (χ1n) is 11.3. The highest BCUT2D eigenvalue weighted by molar-refractivity contribution is 6.08. The SMILES string of the molecule is Cc1cc(C)cc(N2CCN3C2=NC2C3C(=O)N(CCCc3ccccc3)C(=O)N2C)c1. The summed E-state index contributed by atoms with van der Waals surface area (Å²) >= 11 is 0. The summed E-state index contributed by atoms with van der Waals surface area (Å²) in [5, 5.41) is 0. The molecule has 7 heteroatoms. The molecule has 7 nitrogen and oxygen atoms in total. The van der Waals surface area contributed by atoms with Crippen LogP contribution in [0.5, 0.6) is 0 Å². The summed E-state index contributed by atoms with van der Waals surface area (Å²) in [4.78, 5) is 38.6. The Morgan fingerprint density at radius 2 is 1.72 bits per heavy atom. The number of rotatable bonds is 5. The average molecular weight is 432 g/mol. The van der Waals surface area contributed by atoms with Crippen LogP contribution in [0.3, 0.4) is 0 Å². The normalized spacial score (nSPS) is 22.4. The molecule has 0 aliphatic carbocycles. The molecular weight excluding hydrogens is 402 g/mol. The molecule has 2 saturated heterocycles. The number of aliphatic imine (C=N–C) groups is 1. The van der Waals surface area contributed by atoms with Crippen molar-refractivity contribution in [2.75, 3.05) is 31.6 Å². The molecule has 32 heavy (non-hydrogen) atoms. The summed E-state index contributed by atoms with van der Waals surface area (Å²) in [6.07, 6.45) is 1.11. The highest BCUT2D eigenvalue weighted by Gasteiger charge is 2.54. The van der Waals surface area contributed by atoms with E-state index in [2.05, 4.69) is 54.0 Å². The molecule has 0 radical (unpaired) electrons. The van der Waals surface area contributed by atoms with E-state index in [9.17, 15) is 9.59 Å². The lowest BCUT2D eigenvalue weighted by atomic mass is 10.1. The number of aryl methyl sites for hydroxylation is 3. The van der Waals surface area contributed by atoms with Gasteiger partial charge in [0.2, 0.25) is 5.96 Å². The van der Waals surface area contributed by atoms with E-state index in [-0.39, 0.29) is 11.9 Å². The molecule has 2 atom stereocenters. The van der Waals surface area contributed by atoms with Gasteiger partial charge in [-0.3, -0.25) is 9.69 Å². The van der Waals surface area contributed by atoms with Crippen molar-refractivity contribution in [2.24, 2.45) is 4.99 Å². The van der Waals surface area contributed by atoms with Gasteiger partial charge in [-0.2, -0.15) is 0 Å². The van der Waals surface area contributed by atoms with Gasteiger partial charge in [0.1, 0.15) is 0 Å². The Kier molecular flexibility index (Phi) is 5.12. The molecule has 3 heterocycles. The summed E-state index contributed by atoms with van der Waals surface area (Å²) in [5.41, 5.74) is 4.69. The number of hydrogen-bond donors (Lipinski definition) is 0. The Bertz CT molecular complexity index is 1060. The van der Waals surface area contributed by atoms with Gasteiger partial charge in [-0.25, -0.2) is 9.79 Å². The number of hydrogen-bond acceptors (Lipinski definition) is 5. The van der Waals surface area contributed by atoms with E-state index in [1.54, 1.807) is 11.9 Å². The van der Waals surface area contributed by atoms with Crippen molar-refractivity contribution in [1.29, 1.82) is 0 Å². The maximum Gasteiger partial charge on any atom is 0.328 e. The molecule has 166 valence electrons. The lowest BCUT2D eigenvalue weighted by Crippen LogP contribution is -2.64. The zero-order valence-corrected chi connectivity index (χ0v) is 18.9. The lowest BCUT2D eigenvalue weighted by molar-refractivity contribution is -0.137. The molecule has 0 saturated carbocycles. The highest BCUT2D eigenvalue weighted by atomic mass is 16.2. The van der Waals surface area contributed by atoms with Gasteiger partial charge in [0.25, 0.3) is 5.91 Å². The van der Waals surface area contributed by atoms with E-state index in [1.807, 2.05) is 18.2 Å². The first-order valence-corrected chi connectivity index (χ1v) is 11.3. The minimum atomic E-state index is -0.468. The van der Waals surface area contributed by atoms with Gasteiger partial charge in [0.15, 0.2) is 12.2 Å². The van der Waals surface area contributed by atoms with Crippen molar-refractivity contribution >= 4 is 23.6 Å². The predicted molar refractivity (Wildman–Crippen MR) is 125 cm³/mol. The number of carbonyl (C=O) groups is 2. The first kappa shape index (κ1) is 20.5. The number of anilines is 1. The number of nitrogens with zero attached hydrogens (tertiary/aromatic N) is 5. The Morgan fingerprint density at radius 1 is 1.00 bits per heavy atom. The summed E-state index contributed by atoms with van der Waals surface area (Å²) in [6, 6.07) is 15.9. The fraction of sp³-hybridized carbons (Fsp3) is 0.400. The minimum Gasteiger partial charge on any atom is -0.325 e. The Hall–Kier alpha value is -3.35. The van der Waals surface area contributed by atoms with Crippen LogP contribution < -0.4 is 4.90 Å². The third-order valence-electron chi connectivity index (χ3n) is 6.59. The second-order valence-corrected chi connectivity index (χ2v) is 8.95. The molecule has 0 bridgehead atoms. The summed E-state index contributed by atoms with van der Waals surface area (Å²) in [7, 11) is 1.75. The fourth-order valence-corrected chi connectivity index (χ4v) is 5.08. The van der Waals surface area contributed by atoms with E-state index in [1.165, 1.54) is 21.6 Å². The molecule has 2 aromatic carbocycles. The van der Waals surface area contributed by atoms with Gasteiger partial charge in [-0.15, -0.1) is 0 Å². The maximum atomic E-state index is 13.4. The maximum absolute atomic E-state index is 13.4. The number of urea groups is 1. The first-order chi connectivity index (χ1) is 15.4. The van der Waals surface area contributed by atoms with Crippen molar-refractivity contribution < 1.29 is 9.59 Å². The standard InChI is InChI=1S/C25H29N5O2/c1-17-14-18(2)16-20(15-17)28-12-13-29-21-22(26-24(28)29)27(3)25(32)30(23(21)31)11-7-10-19-8-5-4-6-9-19/h4-6,8-9,14-16,21-22H,7,10-13H2,1-3H3. The molecule has 2 unspecified atom stereocenters. The van der Waals surface area contributed by atoms with Gasteiger partial charge >= 0.3 is 6.03 Å². The number of likely N-dealkylation sites (N-methyl/N-ethyl adjacent to an activating group) is 1. The fourth-order valence-electron chi connectivity index (χ4n) is 5.08. The predicted octanol–water partition coefficient (Wildman–Crippen LogP) is 3.02. The van der Waals surface area contributed by atoms with Crippen LogP contribution in [0.2, 0.25) is 0 Å². The highest BCUT2D eigenvalue weighted by Crippen LogP contribution is 2.34. The van der Waals surface area contributed by atoms with Crippen molar-refractivity contribution in [3.63, 3.8) is 0 Å². The van der Waals surface area contributed by atoms with E-state index < -0.39 is 12.2 Å². The van der Waals surface area contributed by atoms with Crippen molar-refractivity contribution in [3.05, 3.63) is 65.2 Å². The zero-order valence-electron chi connectivity index (χ0n) is 18.9. The smallest absolute Gasteiger partial charge is 0.325 e. The number of fused-ring (bicyclic) bond motifs is 3. The third-order valence-corrected chi connectivity index (χ3v) is 6.59. The van der Waals surface area contributed by atoms with Gasteiger partial charge in [0, 0.05) is 32.4 Å². The Balaban J connectivity index is 1.34. The number of imide groups is 1. The second-order valence-electron chi connectivity index (χ2n) is 8.95. The monoisotopic (exact) mass is 431 g/mol. The van der Waals surface area contributed by atoms with Gasteiger partial charge in [0.05, 0.1) is 0 Å². The van der Waals surface area contributed by atoms with Gasteiger partial charge < -0.3 is 14.7 Å². The summed E-state index contributed by atoms with van der Waals surface area (Å²) < 4.78 is 0.